The minimum atomic E-state index is -0.392. The van der Waals surface area contributed by atoms with Crippen molar-refractivity contribution in [3.05, 3.63) is 22.4 Å². The van der Waals surface area contributed by atoms with E-state index in [1.54, 1.807) is 19.3 Å². The molecule has 4 nitrogen and oxygen atoms in total. The number of nitrogens with zero attached hydrogens (tertiary/aromatic N) is 2. The number of hydrogen-bond donors (Lipinski definition) is 0. The fraction of sp³-hybridized carbons (Fsp3) is 0.222. The van der Waals surface area contributed by atoms with Crippen LogP contribution in [0.25, 0.3) is 0 Å². The fourth-order valence-electron chi connectivity index (χ4n) is 1.32. The molecule has 0 radical (unpaired) electrons. The summed E-state index contributed by atoms with van der Waals surface area (Å²) in [7, 11) is 1.56. The van der Waals surface area contributed by atoms with E-state index >= 15 is 0 Å². The molecule has 0 saturated heterocycles. The summed E-state index contributed by atoms with van der Waals surface area (Å²) >= 11 is 3.33. The van der Waals surface area contributed by atoms with Crippen molar-refractivity contribution in [3.8, 4) is 0 Å². The topological polar surface area (TPSA) is 51.0 Å². The number of methoxy groups -OCH3 is 1. The Kier molecular flexibility index (Phi) is 2.33. The van der Waals surface area contributed by atoms with Crippen LogP contribution in [0, 0.1) is 5.92 Å². The van der Waals surface area contributed by atoms with E-state index in [-0.39, 0.29) is 5.91 Å². The molecule has 1 heterocycles. The second kappa shape index (κ2) is 3.49. The van der Waals surface area contributed by atoms with E-state index in [1.807, 2.05) is 0 Å². The third-order valence-electron chi connectivity index (χ3n) is 2.02. The van der Waals surface area contributed by atoms with Crippen LogP contribution in [-0.4, -0.2) is 25.1 Å². The molecule has 0 saturated carbocycles. The Morgan fingerprint density at radius 1 is 1.57 bits per heavy atom. The fourth-order valence-corrected chi connectivity index (χ4v) is 1.85. The lowest BCUT2D eigenvalue weighted by Crippen LogP contribution is -2.25. The molecule has 0 bridgehead atoms. The molecule has 0 aromatic rings. The number of aliphatic imine (C=N–C) groups is 2. The molecule has 0 aromatic carbocycles. The van der Waals surface area contributed by atoms with Crippen LogP contribution in [0.4, 0.5) is 0 Å². The lowest BCUT2D eigenvalue weighted by Gasteiger charge is -2.19. The molecule has 5 heteroatoms. The standard InChI is InChI=1S/C9H7BrN2O2/c1-14-8-2-5-7(3-6(8)10)11-4-12-9(5)13/h2-5H,1H3. The quantitative estimate of drug-likeness (QED) is 0.711. The van der Waals surface area contributed by atoms with Gasteiger partial charge in [0.15, 0.2) is 0 Å². The van der Waals surface area contributed by atoms with E-state index in [0.717, 1.165) is 4.48 Å². The van der Waals surface area contributed by atoms with Crippen LogP contribution in [0.3, 0.4) is 0 Å². The van der Waals surface area contributed by atoms with Gasteiger partial charge < -0.3 is 4.74 Å². The van der Waals surface area contributed by atoms with Crippen LogP contribution in [0.2, 0.25) is 0 Å². The highest BCUT2D eigenvalue weighted by Crippen LogP contribution is 2.27. The lowest BCUT2D eigenvalue weighted by atomic mass is 9.96. The van der Waals surface area contributed by atoms with E-state index in [9.17, 15) is 4.79 Å². The van der Waals surface area contributed by atoms with Gasteiger partial charge in [0, 0.05) is 0 Å². The number of halogens is 1. The number of hydrogen-bond acceptors (Lipinski definition) is 3. The third-order valence-corrected chi connectivity index (χ3v) is 2.64. The predicted octanol–water partition coefficient (Wildman–Crippen LogP) is 1.43. The van der Waals surface area contributed by atoms with Gasteiger partial charge in [-0.1, -0.05) is 0 Å². The maximum absolute atomic E-state index is 11.4. The summed E-state index contributed by atoms with van der Waals surface area (Å²) in [5.41, 5.74) is 0.692. The van der Waals surface area contributed by atoms with Crippen molar-refractivity contribution in [1.29, 1.82) is 0 Å². The first-order valence-corrected chi connectivity index (χ1v) is 4.79. The van der Waals surface area contributed by atoms with Gasteiger partial charge in [0.05, 0.1) is 17.3 Å². The van der Waals surface area contributed by atoms with Crippen molar-refractivity contribution in [2.75, 3.05) is 7.11 Å². The molecule has 1 unspecified atom stereocenters. The van der Waals surface area contributed by atoms with Gasteiger partial charge in [-0.2, -0.15) is 0 Å². The van der Waals surface area contributed by atoms with Crippen molar-refractivity contribution in [2.45, 2.75) is 0 Å². The van der Waals surface area contributed by atoms with Gasteiger partial charge in [-0.3, -0.25) is 4.79 Å². The Morgan fingerprint density at radius 3 is 3.07 bits per heavy atom. The summed E-state index contributed by atoms with van der Waals surface area (Å²) in [5.74, 6) is 0.0384. The maximum atomic E-state index is 11.4. The predicted molar refractivity (Wildman–Crippen MR) is 56.5 cm³/mol. The van der Waals surface area contributed by atoms with E-state index < -0.39 is 5.92 Å². The molecule has 1 amide bonds. The van der Waals surface area contributed by atoms with Gasteiger partial charge in [-0.05, 0) is 28.1 Å². The van der Waals surface area contributed by atoms with Crippen molar-refractivity contribution >= 4 is 33.9 Å². The van der Waals surface area contributed by atoms with Crippen LogP contribution < -0.4 is 0 Å². The lowest BCUT2D eigenvalue weighted by molar-refractivity contribution is -0.118. The monoisotopic (exact) mass is 254 g/mol. The van der Waals surface area contributed by atoms with Crippen LogP contribution >= 0.6 is 15.9 Å². The van der Waals surface area contributed by atoms with E-state index in [0.29, 0.717) is 11.5 Å². The summed E-state index contributed by atoms with van der Waals surface area (Å²) in [6, 6.07) is 0. The van der Waals surface area contributed by atoms with Crippen molar-refractivity contribution < 1.29 is 9.53 Å². The van der Waals surface area contributed by atoms with Gasteiger partial charge in [-0.15, -0.1) is 0 Å². The second-order valence-electron chi connectivity index (χ2n) is 2.84. The van der Waals surface area contributed by atoms with Gasteiger partial charge >= 0.3 is 0 Å². The maximum Gasteiger partial charge on any atom is 0.260 e. The molecule has 72 valence electrons. The average Bonchev–Trinajstić information content (AvgIpc) is 2.17. The zero-order valence-electron chi connectivity index (χ0n) is 7.40. The van der Waals surface area contributed by atoms with Gasteiger partial charge in [0.25, 0.3) is 5.91 Å². The number of fused-ring (bicyclic) bond motifs is 1. The summed E-state index contributed by atoms with van der Waals surface area (Å²) in [6.07, 6.45) is 4.75. The molecule has 2 rings (SSSR count). The first-order chi connectivity index (χ1) is 6.72. The molecule has 0 aromatic heterocycles. The van der Waals surface area contributed by atoms with E-state index in [4.69, 9.17) is 4.74 Å². The Morgan fingerprint density at radius 2 is 2.36 bits per heavy atom. The highest BCUT2D eigenvalue weighted by atomic mass is 79.9. The largest absolute Gasteiger partial charge is 0.496 e. The number of carbonyl (C=O) groups is 1. The van der Waals surface area contributed by atoms with Crippen molar-refractivity contribution in [2.24, 2.45) is 15.9 Å². The molecule has 0 spiro atoms. The summed E-state index contributed by atoms with van der Waals surface area (Å²) in [6.45, 7) is 0. The minimum Gasteiger partial charge on any atom is -0.496 e. The first kappa shape index (κ1) is 9.33. The van der Waals surface area contributed by atoms with Gasteiger partial charge in [0.2, 0.25) is 0 Å². The van der Waals surface area contributed by atoms with E-state index in [2.05, 4.69) is 25.9 Å². The first-order valence-electron chi connectivity index (χ1n) is 4.00. The smallest absolute Gasteiger partial charge is 0.260 e. The van der Waals surface area contributed by atoms with E-state index in [1.165, 1.54) is 6.34 Å². The Balaban J connectivity index is 2.43. The zero-order chi connectivity index (χ0) is 10.1. The number of amides is 1. The molecular weight excluding hydrogens is 248 g/mol. The van der Waals surface area contributed by atoms with Crippen LogP contribution in [0.1, 0.15) is 0 Å². The van der Waals surface area contributed by atoms with Gasteiger partial charge in [-0.25, -0.2) is 9.98 Å². The molecule has 1 aliphatic carbocycles. The Labute approximate surface area is 89.2 Å². The summed E-state index contributed by atoms with van der Waals surface area (Å²) < 4.78 is 5.88. The molecule has 1 aliphatic heterocycles. The normalized spacial score (nSPS) is 24.9. The zero-order valence-corrected chi connectivity index (χ0v) is 8.98. The molecule has 0 fully saturated rings. The van der Waals surface area contributed by atoms with Crippen molar-refractivity contribution in [3.63, 3.8) is 0 Å². The molecule has 14 heavy (non-hydrogen) atoms. The molecule has 0 N–H and O–H groups in total. The molecular formula is C9H7BrN2O2. The molecule has 1 atom stereocenters. The number of ether oxygens (including phenoxy) is 1. The second-order valence-corrected chi connectivity index (χ2v) is 3.70. The summed E-state index contributed by atoms with van der Waals surface area (Å²) in [5, 5.41) is 0. The Hall–Kier alpha value is -1.23. The minimum absolute atomic E-state index is 0.208. The molecule has 2 aliphatic rings. The van der Waals surface area contributed by atoms with Gasteiger partial charge in [0.1, 0.15) is 18.0 Å². The number of allylic oxidation sites excluding steroid dienone is 2. The van der Waals surface area contributed by atoms with Crippen LogP contribution in [0.5, 0.6) is 0 Å². The number of rotatable bonds is 1. The SMILES string of the molecule is COC1=CC2C(=O)N=CN=C2C=C1Br. The average molecular weight is 255 g/mol. The highest BCUT2D eigenvalue weighted by Gasteiger charge is 2.28. The number of carbonyl (C=O) groups excluding carboxylic acids is 1. The van der Waals surface area contributed by atoms with Crippen molar-refractivity contribution in [1.82, 2.24) is 0 Å². The highest BCUT2D eigenvalue weighted by molar-refractivity contribution is 9.12. The van der Waals surface area contributed by atoms with Crippen LogP contribution in [0.15, 0.2) is 32.4 Å². The third kappa shape index (κ3) is 1.43. The Bertz CT molecular complexity index is 407. The van der Waals surface area contributed by atoms with Crippen LogP contribution in [-0.2, 0) is 9.53 Å². The summed E-state index contributed by atoms with van der Waals surface area (Å²) in [4.78, 5) is 19.0.